The molecule has 8 heteroatoms. The van der Waals surface area contributed by atoms with E-state index in [1.165, 1.54) is 0 Å². The van der Waals surface area contributed by atoms with Gasteiger partial charge in [-0.2, -0.15) is 10.1 Å². The number of nitrogens with one attached hydrogen (secondary N) is 1. The van der Waals surface area contributed by atoms with Gasteiger partial charge in [-0.3, -0.25) is 14.8 Å². The number of hydrogen-bond acceptors (Lipinski definition) is 6. The Morgan fingerprint density at radius 2 is 2.19 bits per heavy atom. The van der Waals surface area contributed by atoms with Crippen LogP contribution in [0, 0.1) is 0 Å². The highest BCUT2D eigenvalue weighted by atomic mass is 16.5. The first kappa shape index (κ1) is 13.7. The molecule has 3 heterocycles. The molecule has 1 amide bonds. The van der Waals surface area contributed by atoms with Crippen LogP contribution in [-0.4, -0.2) is 62.2 Å². The molecule has 0 saturated carbocycles. The first-order chi connectivity index (χ1) is 10.3. The molecule has 1 fully saturated rings. The molecule has 0 radical (unpaired) electrons. The molecule has 21 heavy (non-hydrogen) atoms. The topological polar surface area (TPSA) is 91.2 Å². The third-order valence-corrected chi connectivity index (χ3v) is 3.57. The number of carbonyl (C=O) groups is 1. The van der Waals surface area contributed by atoms with Crippen LogP contribution >= 0.6 is 0 Å². The minimum atomic E-state index is -0.0000182. The molecule has 0 aliphatic carbocycles. The van der Waals surface area contributed by atoms with E-state index in [9.17, 15) is 4.79 Å². The summed E-state index contributed by atoms with van der Waals surface area (Å²) in [4.78, 5) is 20.5. The molecule has 8 nitrogen and oxygen atoms in total. The summed E-state index contributed by atoms with van der Waals surface area (Å²) in [5.41, 5.74) is 0.536. The molecule has 0 aromatic carbocycles. The number of rotatable bonds is 4. The Morgan fingerprint density at radius 1 is 1.38 bits per heavy atom. The molecule has 0 spiro atoms. The number of aromatic amines is 1. The van der Waals surface area contributed by atoms with Gasteiger partial charge in [-0.15, -0.1) is 0 Å². The van der Waals surface area contributed by atoms with Crippen LogP contribution in [0.1, 0.15) is 29.1 Å². The van der Waals surface area contributed by atoms with Crippen LogP contribution in [-0.2, 0) is 13.0 Å². The van der Waals surface area contributed by atoms with Crippen LogP contribution in [0.25, 0.3) is 0 Å². The number of H-pyrrole nitrogens is 1. The SMILES string of the molecule is CCc1nc(CN2CCN(C(=O)c3ccn[nH]3)CC2)no1. The van der Waals surface area contributed by atoms with E-state index in [0.29, 0.717) is 37.0 Å². The van der Waals surface area contributed by atoms with E-state index < -0.39 is 0 Å². The van der Waals surface area contributed by atoms with Gasteiger partial charge in [-0.1, -0.05) is 12.1 Å². The molecule has 1 aliphatic heterocycles. The summed E-state index contributed by atoms with van der Waals surface area (Å²) in [5.74, 6) is 1.37. The van der Waals surface area contributed by atoms with E-state index in [1.807, 2.05) is 11.8 Å². The van der Waals surface area contributed by atoms with Crippen LogP contribution in [0.4, 0.5) is 0 Å². The zero-order chi connectivity index (χ0) is 14.7. The highest BCUT2D eigenvalue weighted by molar-refractivity contribution is 5.92. The maximum absolute atomic E-state index is 12.2. The van der Waals surface area contributed by atoms with Gasteiger partial charge < -0.3 is 9.42 Å². The van der Waals surface area contributed by atoms with Gasteiger partial charge in [-0.25, -0.2) is 0 Å². The average molecular weight is 290 g/mol. The number of amides is 1. The van der Waals surface area contributed by atoms with Crippen LogP contribution in [0.3, 0.4) is 0 Å². The second kappa shape index (κ2) is 6.04. The van der Waals surface area contributed by atoms with Crippen molar-refractivity contribution in [2.75, 3.05) is 26.2 Å². The van der Waals surface area contributed by atoms with E-state index in [-0.39, 0.29) is 5.91 Å². The van der Waals surface area contributed by atoms with E-state index in [4.69, 9.17) is 4.52 Å². The van der Waals surface area contributed by atoms with Crippen LogP contribution in [0.15, 0.2) is 16.8 Å². The molecule has 3 rings (SSSR count). The Labute approximate surface area is 122 Å². The lowest BCUT2D eigenvalue weighted by Gasteiger charge is -2.33. The predicted octanol–water partition coefficient (Wildman–Crippen LogP) is 0.313. The molecule has 0 bridgehead atoms. The Hall–Kier alpha value is -2.22. The molecule has 2 aromatic rings. The van der Waals surface area contributed by atoms with Gasteiger partial charge in [0, 0.05) is 38.8 Å². The summed E-state index contributed by atoms with van der Waals surface area (Å²) in [6.45, 7) is 5.63. The molecule has 1 aliphatic rings. The van der Waals surface area contributed by atoms with Crippen LogP contribution < -0.4 is 0 Å². The fourth-order valence-corrected chi connectivity index (χ4v) is 2.35. The normalized spacial score (nSPS) is 16.3. The summed E-state index contributed by atoms with van der Waals surface area (Å²) < 4.78 is 5.10. The van der Waals surface area contributed by atoms with Crippen molar-refractivity contribution in [1.29, 1.82) is 0 Å². The monoisotopic (exact) mass is 290 g/mol. The number of piperazine rings is 1. The van der Waals surface area contributed by atoms with E-state index in [0.717, 1.165) is 19.5 Å². The van der Waals surface area contributed by atoms with E-state index in [2.05, 4.69) is 25.2 Å². The maximum atomic E-state index is 12.2. The van der Waals surface area contributed by atoms with Crippen molar-refractivity contribution in [3.8, 4) is 0 Å². The van der Waals surface area contributed by atoms with Crippen LogP contribution in [0.2, 0.25) is 0 Å². The third-order valence-electron chi connectivity index (χ3n) is 3.57. The lowest BCUT2D eigenvalue weighted by atomic mass is 10.2. The second-order valence-electron chi connectivity index (χ2n) is 5.00. The number of carbonyl (C=O) groups excluding carboxylic acids is 1. The highest BCUT2D eigenvalue weighted by Gasteiger charge is 2.23. The minimum Gasteiger partial charge on any atom is -0.339 e. The van der Waals surface area contributed by atoms with Crippen molar-refractivity contribution in [3.63, 3.8) is 0 Å². The Morgan fingerprint density at radius 3 is 2.81 bits per heavy atom. The fraction of sp³-hybridized carbons (Fsp3) is 0.538. The summed E-state index contributed by atoms with van der Waals surface area (Å²) in [6, 6.07) is 1.69. The van der Waals surface area contributed by atoms with Gasteiger partial charge in [0.05, 0.1) is 6.54 Å². The highest BCUT2D eigenvalue weighted by Crippen LogP contribution is 2.09. The van der Waals surface area contributed by atoms with Crippen molar-refractivity contribution in [2.45, 2.75) is 19.9 Å². The summed E-state index contributed by atoms with van der Waals surface area (Å²) in [5, 5.41) is 10.5. The Balaban J connectivity index is 1.52. The summed E-state index contributed by atoms with van der Waals surface area (Å²) in [6.07, 6.45) is 2.34. The Bertz CT molecular complexity index is 586. The van der Waals surface area contributed by atoms with Gasteiger partial charge in [0.25, 0.3) is 5.91 Å². The van der Waals surface area contributed by atoms with Crippen molar-refractivity contribution in [2.24, 2.45) is 0 Å². The number of aromatic nitrogens is 4. The third kappa shape index (κ3) is 3.10. The molecule has 2 aromatic heterocycles. The predicted molar refractivity (Wildman–Crippen MR) is 73.4 cm³/mol. The molecule has 1 saturated heterocycles. The van der Waals surface area contributed by atoms with Gasteiger partial charge in [-0.05, 0) is 6.07 Å². The van der Waals surface area contributed by atoms with E-state index in [1.54, 1.807) is 12.3 Å². The zero-order valence-corrected chi connectivity index (χ0v) is 11.9. The molecule has 112 valence electrons. The largest absolute Gasteiger partial charge is 0.339 e. The Kier molecular flexibility index (Phi) is 3.96. The smallest absolute Gasteiger partial charge is 0.271 e. The standard InChI is InChI=1S/C13H18N6O2/c1-2-12-15-11(17-21-12)9-18-5-7-19(8-6-18)13(20)10-3-4-14-16-10/h3-4H,2,5-9H2,1H3,(H,14,16). The summed E-state index contributed by atoms with van der Waals surface area (Å²) in [7, 11) is 0. The molecule has 0 atom stereocenters. The first-order valence-electron chi connectivity index (χ1n) is 7.08. The van der Waals surface area contributed by atoms with Gasteiger partial charge in [0.15, 0.2) is 5.82 Å². The number of hydrogen-bond donors (Lipinski definition) is 1. The number of nitrogens with zero attached hydrogens (tertiary/aromatic N) is 5. The lowest BCUT2D eigenvalue weighted by molar-refractivity contribution is 0.0618. The lowest BCUT2D eigenvalue weighted by Crippen LogP contribution is -2.48. The second-order valence-corrected chi connectivity index (χ2v) is 5.00. The number of aryl methyl sites for hydroxylation is 1. The van der Waals surface area contributed by atoms with Crippen molar-refractivity contribution in [1.82, 2.24) is 30.1 Å². The molecule has 0 unspecified atom stereocenters. The average Bonchev–Trinajstić information content (AvgIpc) is 3.19. The fourth-order valence-electron chi connectivity index (χ4n) is 2.35. The molecular formula is C13H18N6O2. The zero-order valence-electron chi connectivity index (χ0n) is 11.9. The van der Waals surface area contributed by atoms with Crippen molar-refractivity contribution in [3.05, 3.63) is 29.7 Å². The molecule has 1 N–H and O–H groups in total. The maximum Gasteiger partial charge on any atom is 0.271 e. The van der Waals surface area contributed by atoms with Crippen molar-refractivity contribution < 1.29 is 9.32 Å². The van der Waals surface area contributed by atoms with Gasteiger partial charge in [0.1, 0.15) is 5.69 Å². The van der Waals surface area contributed by atoms with E-state index >= 15 is 0 Å². The molecular weight excluding hydrogens is 272 g/mol. The first-order valence-corrected chi connectivity index (χ1v) is 7.08. The van der Waals surface area contributed by atoms with Gasteiger partial charge >= 0.3 is 0 Å². The van der Waals surface area contributed by atoms with Crippen LogP contribution in [0.5, 0.6) is 0 Å². The summed E-state index contributed by atoms with van der Waals surface area (Å²) >= 11 is 0. The van der Waals surface area contributed by atoms with Crippen molar-refractivity contribution >= 4 is 5.91 Å². The quantitative estimate of drug-likeness (QED) is 0.871. The minimum absolute atomic E-state index is 0.0000182. The van der Waals surface area contributed by atoms with Gasteiger partial charge in [0.2, 0.25) is 5.89 Å².